The van der Waals surface area contributed by atoms with E-state index in [4.69, 9.17) is 4.74 Å². The van der Waals surface area contributed by atoms with Crippen LogP contribution >= 0.6 is 0 Å². The molecule has 5 aliphatic rings. The SMILES string of the molecule is CC12CC[CH-]CC1=CCC1C2CCC2(C)C1CC[C@@]21CO1.[W]. The van der Waals surface area contributed by atoms with Gasteiger partial charge < -0.3 is 11.2 Å². The second kappa shape index (κ2) is 4.95. The summed E-state index contributed by atoms with van der Waals surface area (Å²) in [5.41, 5.74) is 3.12. The Labute approximate surface area is 149 Å². The Hall–Kier alpha value is 0.388. The molecule has 0 amide bonds. The van der Waals surface area contributed by atoms with Gasteiger partial charge in [0.2, 0.25) is 0 Å². The molecule has 22 heavy (non-hydrogen) atoms. The van der Waals surface area contributed by atoms with Gasteiger partial charge in [-0.3, -0.25) is 0 Å². The molecule has 1 spiro atoms. The van der Waals surface area contributed by atoms with E-state index in [1.54, 1.807) is 5.57 Å². The van der Waals surface area contributed by atoms with Crippen LogP contribution in [-0.4, -0.2) is 12.2 Å². The maximum absolute atomic E-state index is 6.02. The molecule has 122 valence electrons. The van der Waals surface area contributed by atoms with E-state index in [9.17, 15) is 0 Å². The number of ether oxygens (including phenoxy) is 1. The Kier molecular flexibility index (Phi) is 3.57. The van der Waals surface area contributed by atoms with Crippen LogP contribution < -0.4 is 0 Å². The van der Waals surface area contributed by atoms with Gasteiger partial charge in [-0.05, 0) is 55.3 Å². The zero-order chi connectivity index (χ0) is 14.3. The molecule has 4 aliphatic carbocycles. The smallest absolute Gasteiger partial charge is 0.0972 e. The zero-order valence-corrected chi connectivity index (χ0v) is 17.0. The average Bonchev–Trinajstić information content (AvgIpc) is 3.20. The molecule has 1 nitrogen and oxygen atoms in total. The third-order valence-corrected chi connectivity index (χ3v) is 8.64. The summed E-state index contributed by atoms with van der Waals surface area (Å²) in [4.78, 5) is 0. The second-order valence-corrected chi connectivity index (χ2v) is 9.07. The van der Waals surface area contributed by atoms with Crippen molar-refractivity contribution < 1.29 is 25.8 Å². The topological polar surface area (TPSA) is 12.5 Å². The van der Waals surface area contributed by atoms with E-state index < -0.39 is 0 Å². The molecule has 6 atom stereocenters. The van der Waals surface area contributed by atoms with Crippen molar-refractivity contribution in [1.82, 2.24) is 0 Å². The number of epoxide rings is 1. The van der Waals surface area contributed by atoms with E-state index in [2.05, 4.69) is 26.3 Å². The molecule has 1 aliphatic heterocycles. The summed E-state index contributed by atoms with van der Waals surface area (Å²) in [5, 5.41) is 0. The van der Waals surface area contributed by atoms with E-state index in [0.29, 0.717) is 16.4 Å². The van der Waals surface area contributed by atoms with Crippen LogP contribution in [0.15, 0.2) is 11.6 Å². The van der Waals surface area contributed by atoms with Crippen molar-refractivity contribution in [3.63, 3.8) is 0 Å². The van der Waals surface area contributed by atoms with Crippen molar-refractivity contribution in [3.05, 3.63) is 18.1 Å². The molecule has 4 fully saturated rings. The Balaban J connectivity index is 0.00000125. The first-order chi connectivity index (χ1) is 10.1. The molecule has 0 radical (unpaired) electrons. The fourth-order valence-electron chi connectivity index (χ4n) is 7.13. The summed E-state index contributed by atoms with van der Waals surface area (Å²) in [6, 6.07) is 0. The summed E-state index contributed by atoms with van der Waals surface area (Å²) in [6.07, 6.45) is 16.2. The first-order valence-corrected chi connectivity index (χ1v) is 9.24. The maximum atomic E-state index is 6.02. The first-order valence-electron chi connectivity index (χ1n) is 9.24. The molecule has 1 heterocycles. The summed E-state index contributed by atoms with van der Waals surface area (Å²) in [5.74, 6) is 2.83. The van der Waals surface area contributed by atoms with Crippen molar-refractivity contribution in [3.8, 4) is 0 Å². The van der Waals surface area contributed by atoms with Crippen molar-refractivity contribution in [2.75, 3.05) is 6.61 Å². The zero-order valence-electron chi connectivity index (χ0n) is 14.1. The molecule has 5 unspecified atom stereocenters. The molecule has 0 N–H and O–H groups in total. The molecule has 3 saturated carbocycles. The summed E-state index contributed by atoms with van der Waals surface area (Å²) in [6.45, 7) is 6.23. The molecular weight excluding hydrogens is 440 g/mol. The van der Waals surface area contributed by atoms with Gasteiger partial charge in [-0.1, -0.05) is 31.9 Å². The van der Waals surface area contributed by atoms with Gasteiger partial charge in [0.1, 0.15) is 0 Å². The van der Waals surface area contributed by atoms with Crippen LogP contribution in [0.1, 0.15) is 65.2 Å². The number of rotatable bonds is 0. The second-order valence-electron chi connectivity index (χ2n) is 9.07. The van der Waals surface area contributed by atoms with Gasteiger partial charge >= 0.3 is 0 Å². The van der Waals surface area contributed by atoms with Crippen LogP contribution in [-0.2, 0) is 25.8 Å². The van der Waals surface area contributed by atoms with E-state index >= 15 is 0 Å². The molecular formula is C20H29OW-. The standard InChI is InChI=1S/C20H29O.W/c1-18-10-4-3-5-14(18)6-7-15-16(18)8-11-19(2)17(15)9-12-20(19)13-21-20;/h3,6,15-17H,4-5,7-13H2,1-2H3;/q-1;/t15?,16?,17?,18?,19?,20-;/m1./s1. The van der Waals surface area contributed by atoms with E-state index in [-0.39, 0.29) is 21.1 Å². The Morgan fingerprint density at radius 2 is 1.91 bits per heavy atom. The maximum Gasteiger partial charge on any atom is 0.0972 e. The molecule has 5 rings (SSSR count). The molecule has 0 aromatic heterocycles. The molecule has 2 heteroatoms. The van der Waals surface area contributed by atoms with Gasteiger partial charge in [0.05, 0.1) is 12.2 Å². The summed E-state index contributed by atoms with van der Waals surface area (Å²) >= 11 is 0. The molecule has 0 aromatic rings. The van der Waals surface area contributed by atoms with Crippen LogP contribution in [0.25, 0.3) is 0 Å². The molecule has 0 bridgehead atoms. The summed E-state index contributed by atoms with van der Waals surface area (Å²) in [7, 11) is 0. The van der Waals surface area contributed by atoms with Crippen LogP contribution in [0.3, 0.4) is 0 Å². The van der Waals surface area contributed by atoms with Gasteiger partial charge in [0.15, 0.2) is 0 Å². The van der Waals surface area contributed by atoms with E-state index in [1.165, 1.54) is 51.4 Å². The minimum absolute atomic E-state index is 0. The van der Waals surface area contributed by atoms with Gasteiger partial charge in [-0.15, -0.1) is 0 Å². The monoisotopic (exact) mass is 469 g/mol. The number of hydrogen-bond acceptors (Lipinski definition) is 1. The van der Waals surface area contributed by atoms with Crippen molar-refractivity contribution in [2.45, 2.75) is 70.8 Å². The van der Waals surface area contributed by atoms with Gasteiger partial charge in [0.25, 0.3) is 0 Å². The van der Waals surface area contributed by atoms with E-state index in [1.807, 2.05) is 0 Å². The van der Waals surface area contributed by atoms with Gasteiger partial charge in [-0.2, -0.15) is 12.8 Å². The average molecular weight is 469 g/mol. The Bertz CT molecular complexity index is 508. The third-order valence-electron chi connectivity index (χ3n) is 8.64. The fourth-order valence-corrected chi connectivity index (χ4v) is 7.13. The number of allylic oxidation sites excluding steroid dienone is 2. The fraction of sp³-hybridized carbons (Fsp3) is 0.850. The van der Waals surface area contributed by atoms with Crippen molar-refractivity contribution >= 4 is 0 Å². The van der Waals surface area contributed by atoms with E-state index in [0.717, 1.165) is 24.4 Å². The minimum Gasteiger partial charge on any atom is -0.369 e. The van der Waals surface area contributed by atoms with Gasteiger partial charge in [-0.25, -0.2) is 0 Å². The van der Waals surface area contributed by atoms with Crippen molar-refractivity contribution in [1.29, 1.82) is 0 Å². The van der Waals surface area contributed by atoms with Crippen LogP contribution in [0.2, 0.25) is 0 Å². The quantitative estimate of drug-likeness (QED) is 0.279. The molecule has 1 saturated heterocycles. The van der Waals surface area contributed by atoms with Crippen LogP contribution in [0.5, 0.6) is 0 Å². The summed E-state index contributed by atoms with van der Waals surface area (Å²) < 4.78 is 6.02. The number of fused-ring (bicyclic) bond motifs is 6. The van der Waals surface area contributed by atoms with Crippen molar-refractivity contribution in [2.24, 2.45) is 28.6 Å². The predicted octanol–water partition coefficient (Wildman–Crippen LogP) is 4.92. The first kappa shape index (κ1) is 15.9. The Morgan fingerprint density at radius 1 is 1.14 bits per heavy atom. The van der Waals surface area contributed by atoms with Gasteiger partial charge in [0, 0.05) is 26.5 Å². The Morgan fingerprint density at radius 3 is 2.68 bits per heavy atom. The number of hydrogen-bond donors (Lipinski definition) is 0. The largest absolute Gasteiger partial charge is 0.369 e. The molecule has 0 aromatic carbocycles. The minimum atomic E-state index is 0. The predicted molar refractivity (Wildman–Crippen MR) is 84.7 cm³/mol. The van der Waals surface area contributed by atoms with Crippen LogP contribution in [0, 0.1) is 35.0 Å². The van der Waals surface area contributed by atoms with Crippen LogP contribution in [0.4, 0.5) is 0 Å². The normalized spacial score (nSPS) is 55.5. The third kappa shape index (κ3) is 1.79.